The van der Waals surface area contributed by atoms with Gasteiger partial charge in [-0.2, -0.15) is 0 Å². The van der Waals surface area contributed by atoms with Gasteiger partial charge in [0.15, 0.2) is 0 Å². The summed E-state index contributed by atoms with van der Waals surface area (Å²) in [4.78, 5) is 17.0. The molecule has 1 aromatic heterocycles. The molecule has 0 spiro atoms. The van der Waals surface area contributed by atoms with Crippen molar-refractivity contribution >= 4 is 5.69 Å². The van der Waals surface area contributed by atoms with Gasteiger partial charge in [0.05, 0.1) is 11.3 Å². The molecule has 2 heterocycles. The quantitative estimate of drug-likeness (QED) is 0.807. The van der Waals surface area contributed by atoms with Gasteiger partial charge in [0, 0.05) is 36.3 Å². The fourth-order valence-corrected chi connectivity index (χ4v) is 2.69. The topological polar surface area (TPSA) is 47.1 Å². The molecular formula is C15H18N3O2+. The van der Waals surface area contributed by atoms with Gasteiger partial charge in [0.2, 0.25) is 6.04 Å². The number of fused-ring (bicyclic) bond motifs is 3. The van der Waals surface area contributed by atoms with E-state index in [9.17, 15) is 4.91 Å². The van der Waals surface area contributed by atoms with Gasteiger partial charge in [0.25, 0.3) is 5.69 Å². The maximum Gasteiger partial charge on any atom is 0.266 e. The van der Waals surface area contributed by atoms with E-state index in [2.05, 4.69) is 4.98 Å². The highest BCUT2D eigenvalue weighted by Crippen LogP contribution is 2.42. The zero-order chi connectivity index (χ0) is 14.3. The van der Waals surface area contributed by atoms with Crippen LogP contribution in [0.15, 0.2) is 24.3 Å². The summed E-state index contributed by atoms with van der Waals surface area (Å²) in [7, 11) is 1.98. The van der Waals surface area contributed by atoms with E-state index < -0.39 is 0 Å². The molecule has 3 rings (SSSR count). The summed E-state index contributed by atoms with van der Waals surface area (Å²) in [6.45, 7) is 4.96. The second-order valence-corrected chi connectivity index (χ2v) is 4.98. The van der Waals surface area contributed by atoms with E-state index in [0.29, 0.717) is 18.9 Å². The third-order valence-electron chi connectivity index (χ3n) is 3.79. The Kier molecular flexibility index (Phi) is 3.14. The number of rotatable bonds is 3. The monoisotopic (exact) mass is 272 g/mol. The van der Waals surface area contributed by atoms with Crippen LogP contribution in [0.3, 0.4) is 0 Å². The van der Waals surface area contributed by atoms with Crippen LogP contribution >= 0.6 is 0 Å². The van der Waals surface area contributed by atoms with Crippen molar-refractivity contribution in [3.05, 3.63) is 40.7 Å². The van der Waals surface area contributed by atoms with Crippen molar-refractivity contribution in [2.75, 3.05) is 6.61 Å². The van der Waals surface area contributed by atoms with Crippen molar-refractivity contribution in [3.63, 3.8) is 0 Å². The number of nitroso groups, excluding NO2 is 1. The molecule has 0 saturated carbocycles. The van der Waals surface area contributed by atoms with E-state index >= 15 is 0 Å². The smallest absolute Gasteiger partial charge is 0.266 e. The summed E-state index contributed by atoms with van der Waals surface area (Å²) in [5.41, 5.74) is 3.50. The number of aromatic nitrogens is 2. The Morgan fingerprint density at radius 1 is 1.40 bits per heavy atom. The molecule has 0 N–H and O–H groups in total. The lowest BCUT2D eigenvalue weighted by Crippen LogP contribution is -2.15. The number of ether oxygens (including phenoxy) is 1. The molecule has 1 aliphatic heterocycles. The van der Waals surface area contributed by atoms with E-state index in [1.165, 1.54) is 0 Å². The minimum absolute atomic E-state index is 0.276. The van der Waals surface area contributed by atoms with Gasteiger partial charge in [-0.25, -0.2) is 4.98 Å². The van der Waals surface area contributed by atoms with Crippen molar-refractivity contribution in [1.82, 2.24) is 9.55 Å². The van der Waals surface area contributed by atoms with Crippen LogP contribution in [0.4, 0.5) is 5.69 Å². The van der Waals surface area contributed by atoms with Crippen LogP contribution < -0.4 is 0 Å². The Morgan fingerprint density at radius 2 is 2.15 bits per heavy atom. The molecule has 0 fully saturated rings. The summed E-state index contributed by atoms with van der Waals surface area (Å²) in [6.07, 6.45) is 0. The first-order valence-corrected chi connectivity index (χ1v) is 6.84. The highest BCUT2D eigenvalue weighted by atomic mass is 16.5. The SMILES string of the molecule is CCOCc1nc2c(n1C)-c1ccccc1[N+](=O)C2C. The fraction of sp³-hybridized carbons (Fsp3) is 0.400. The number of benzene rings is 1. The third kappa shape index (κ3) is 1.78. The van der Waals surface area contributed by atoms with E-state index in [4.69, 9.17) is 4.74 Å². The molecule has 0 saturated heterocycles. The van der Waals surface area contributed by atoms with E-state index in [1.54, 1.807) is 0 Å². The van der Waals surface area contributed by atoms with Gasteiger partial charge < -0.3 is 9.30 Å². The van der Waals surface area contributed by atoms with E-state index in [1.807, 2.05) is 49.7 Å². The maximum absolute atomic E-state index is 12.4. The largest absolute Gasteiger partial charge is 0.374 e. The highest BCUT2D eigenvalue weighted by Gasteiger charge is 2.40. The lowest BCUT2D eigenvalue weighted by Gasteiger charge is -2.14. The highest BCUT2D eigenvalue weighted by molar-refractivity contribution is 5.74. The zero-order valence-electron chi connectivity index (χ0n) is 12.0. The molecule has 0 bridgehead atoms. The standard InChI is InChI=1S/C15H18N3O2/c1-4-20-9-13-16-14-10(2)18(19)12-8-6-5-7-11(12)15(14)17(13)3/h5-8,10H,4,9H2,1-3H3/q+1. The minimum atomic E-state index is -0.276. The zero-order valence-corrected chi connectivity index (χ0v) is 12.0. The van der Waals surface area contributed by atoms with Crippen LogP contribution in [0.25, 0.3) is 11.3 Å². The van der Waals surface area contributed by atoms with Gasteiger partial charge in [-0.3, -0.25) is 0 Å². The van der Waals surface area contributed by atoms with Crippen LogP contribution in [-0.4, -0.2) is 20.9 Å². The first kappa shape index (κ1) is 13.0. The molecule has 20 heavy (non-hydrogen) atoms. The second-order valence-electron chi connectivity index (χ2n) is 4.98. The van der Waals surface area contributed by atoms with Crippen LogP contribution in [0.1, 0.15) is 31.4 Å². The predicted molar refractivity (Wildman–Crippen MR) is 75.7 cm³/mol. The molecule has 0 amide bonds. The molecule has 1 atom stereocenters. The average Bonchev–Trinajstić information content (AvgIpc) is 2.80. The van der Waals surface area contributed by atoms with Crippen molar-refractivity contribution in [1.29, 1.82) is 0 Å². The molecule has 5 nitrogen and oxygen atoms in total. The number of nitrogens with zero attached hydrogens (tertiary/aromatic N) is 3. The van der Waals surface area contributed by atoms with Crippen LogP contribution in [-0.2, 0) is 18.4 Å². The van der Waals surface area contributed by atoms with Gasteiger partial charge in [0.1, 0.15) is 18.1 Å². The Morgan fingerprint density at radius 3 is 2.90 bits per heavy atom. The van der Waals surface area contributed by atoms with E-state index in [0.717, 1.165) is 27.5 Å². The van der Waals surface area contributed by atoms with Crippen LogP contribution in [0.2, 0.25) is 0 Å². The summed E-state index contributed by atoms with van der Waals surface area (Å²) >= 11 is 0. The summed E-state index contributed by atoms with van der Waals surface area (Å²) in [5, 5.41) is 0. The van der Waals surface area contributed by atoms with Gasteiger partial charge in [-0.1, -0.05) is 12.1 Å². The molecule has 1 aliphatic rings. The fourth-order valence-electron chi connectivity index (χ4n) is 2.69. The molecular weight excluding hydrogens is 254 g/mol. The summed E-state index contributed by atoms with van der Waals surface area (Å²) < 4.78 is 8.52. The average molecular weight is 272 g/mol. The lowest BCUT2D eigenvalue weighted by atomic mass is 9.99. The molecule has 0 radical (unpaired) electrons. The lowest BCUT2D eigenvalue weighted by molar-refractivity contribution is -0.510. The Labute approximate surface area is 117 Å². The summed E-state index contributed by atoms with van der Waals surface area (Å²) in [6, 6.07) is 7.38. The number of para-hydroxylation sites is 1. The molecule has 1 unspecified atom stereocenters. The van der Waals surface area contributed by atoms with Crippen molar-refractivity contribution < 1.29 is 9.50 Å². The van der Waals surface area contributed by atoms with E-state index in [-0.39, 0.29) is 6.04 Å². The summed E-state index contributed by atoms with van der Waals surface area (Å²) in [5.74, 6) is 0.855. The predicted octanol–water partition coefficient (Wildman–Crippen LogP) is 3.11. The molecule has 1 aromatic carbocycles. The third-order valence-corrected chi connectivity index (χ3v) is 3.79. The Bertz CT molecular complexity index is 676. The number of hydrogen-bond donors (Lipinski definition) is 0. The first-order valence-electron chi connectivity index (χ1n) is 6.84. The Hall–Kier alpha value is -2.01. The number of hydrogen-bond acceptors (Lipinski definition) is 3. The maximum atomic E-state index is 12.4. The Balaban J connectivity index is 2.19. The van der Waals surface area contributed by atoms with Crippen molar-refractivity contribution in [3.8, 4) is 11.3 Å². The molecule has 104 valence electrons. The van der Waals surface area contributed by atoms with Gasteiger partial charge >= 0.3 is 0 Å². The van der Waals surface area contributed by atoms with Gasteiger partial charge in [-0.15, -0.1) is 0 Å². The van der Waals surface area contributed by atoms with Crippen molar-refractivity contribution in [2.24, 2.45) is 7.05 Å². The van der Waals surface area contributed by atoms with Crippen LogP contribution in [0, 0.1) is 4.91 Å². The molecule has 2 aromatic rings. The number of imidazole rings is 1. The van der Waals surface area contributed by atoms with Crippen LogP contribution in [0.5, 0.6) is 0 Å². The normalized spacial score (nSPS) is 16.9. The van der Waals surface area contributed by atoms with Gasteiger partial charge in [-0.05, 0) is 13.0 Å². The molecule has 5 heteroatoms. The second kappa shape index (κ2) is 4.83. The molecule has 0 aliphatic carbocycles. The first-order chi connectivity index (χ1) is 9.65. The van der Waals surface area contributed by atoms with Crippen molar-refractivity contribution in [2.45, 2.75) is 26.5 Å². The minimum Gasteiger partial charge on any atom is -0.374 e.